The maximum atomic E-state index is 12.5. The minimum Gasteiger partial charge on any atom is -0.384 e. The van der Waals surface area contributed by atoms with Crippen LogP contribution in [0.25, 0.3) is 0 Å². The third kappa shape index (κ3) is 3.16. The molecule has 1 saturated carbocycles. The molecule has 136 valence electrons. The van der Waals surface area contributed by atoms with Crippen LogP contribution in [-0.4, -0.2) is 21.3 Å². The van der Waals surface area contributed by atoms with Gasteiger partial charge in [0.2, 0.25) is 0 Å². The van der Waals surface area contributed by atoms with Crippen molar-refractivity contribution in [3.05, 3.63) is 51.8 Å². The minimum atomic E-state index is -0.550. The van der Waals surface area contributed by atoms with Gasteiger partial charge in [0.25, 0.3) is 0 Å². The van der Waals surface area contributed by atoms with Gasteiger partial charge in [0.15, 0.2) is 11.4 Å². The number of ketones is 1. The first-order valence-electron chi connectivity index (χ1n) is 8.94. The molecule has 0 N–H and O–H groups in total. The molecule has 2 heterocycles. The molecule has 0 bridgehead atoms. The topological polar surface area (TPSA) is 56.5 Å². The molecule has 0 saturated heterocycles. The number of oxime groups is 1. The van der Waals surface area contributed by atoms with Gasteiger partial charge >= 0.3 is 0 Å². The summed E-state index contributed by atoms with van der Waals surface area (Å²) in [6, 6.07) is 5.54. The normalized spacial score (nSPS) is 22.2. The number of benzene rings is 1. The van der Waals surface area contributed by atoms with Gasteiger partial charge in [0, 0.05) is 42.8 Å². The van der Waals surface area contributed by atoms with E-state index in [4.69, 9.17) is 16.4 Å². The van der Waals surface area contributed by atoms with Gasteiger partial charge in [-0.15, -0.1) is 0 Å². The molecule has 0 spiro atoms. The van der Waals surface area contributed by atoms with E-state index >= 15 is 0 Å². The first kappa shape index (κ1) is 17.3. The van der Waals surface area contributed by atoms with E-state index in [2.05, 4.69) is 10.3 Å². The van der Waals surface area contributed by atoms with E-state index in [1.807, 2.05) is 39.2 Å². The lowest BCUT2D eigenvalue weighted by atomic mass is 9.89. The zero-order valence-corrected chi connectivity index (χ0v) is 16.0. The summed E-state index contributed by atoms with van der Waals surface area (Å²) in [7, 11) is 1.90. The Morgan fingerprint density at radius 3 is 2.85 bits per heavy atom. The van der Waals surface area contributed by atoms with E-state index in [1.165, 1.54) is 0 Å². The Hall–Kier alpha value is -2.14. The highest BCUT2D eigenvalue weighted by molar-refractivity contribution is 6.34. The largest absolute Gasteiger partial charge is 0.384 e. The molecule has 1 aliphatic carbocycles. The van der Waals surface area contributed by atoms with Crippen molar-refractivity contribution < 1.29 is 9.63 Å². The lowest BCUT2D eigenvalue weighted by Crippen LogP contribution is -2.22. The van der Waals surface area contributed by atoms with Gasteiger partial charge in [-0.3, -0.25) is 9.48 Å². The number of hydrogen-bond acceptors (Lipinski definition) is 4. The number of carbonyl (C=O) groups excluding carboxylic acids is 1. The van der Waals surface area contributed by atoms with E-state index in [0.717, 1.165) is 35.4 Å². The highest BCUT2D eigenvalue weighted by Gasteiger charge is 2.39. The lowest BCUT2D eigenvalue weighted by molar-refractivity contribution is -0.00789. The van der Waals surface area contributed by atoms with Crippen LogP contribution in [-0.2, 0) is 17.5 Å². The van der Waals surface area contributed by atoms with E-state index in [1.54, 1.807) is 10.7 Å². The Bertz CT molecular complexity index is 914. The summed E-state index contributed by atoms with van der Waals surface area (Å²) >= 11 is 6.27. The molecule has 1 aromatic carbocycles. The van der Waals surface area contributed by atoms with Crippen LogP contribution in [0.15, 0.2) is 29.6 Å². The van der Waals surface area contributed by atoms with Crippen molar-refractivity contribution >= 4 is 23.1 Å². The van der Waals surface area contributed by atoms with E-state index < -0.39 is 5.60 Å². The van der Waals surface area contributed by atoms with Gasteiger partial charge in [0.1, 0.15) is 0 Å². The molecule has 0 radical (unpaired) electrons. The molecule has 0 amide bonds. The molecule has 1 atom stereocenters. The monoisotopic (exact) mass is 371 g/mol. The number of rotatable bonds is 5. The number of nitrogens with zero attached hydrogens (tertiary/aromatic N) is 3. The van der Waals surface area contributed by atoms with Crippen LogP contribution in [0.5, 0.6) is 0 Å². The number of aromatic nitrogens is 2. The number of carbonyl (C=O) groups is 1. The van der Waals surface area contributed by atoms with Crippen molar-refractivity contribution in [1.82, 2.24) is 9.78 Å². The average Bonchev–Trinajstić information content (AvgIpc) is 3.21. The van der Waals surface area contributed by atoms with Crippen molar-refractivity contribution in [3.63, 3.8) is 0 Å². The summed E-state index contributed by atoms with van der Waals surface area (Å²) in [6.07, 6.45) is 5.47. The molecule has 26 heavy (non-hydrogen) atoms. The summed E-state index contributed by atoms with van der Waals surface area (Å²) < 4.78 is 1.79. The second-order valence-corrected chi connectivity index (χ2v) is 8.01. The molecule has 1 unspecified atom stereocenters. The molecule has 4 rings (SSSR count). The molecular formula is C20H22ClN3O2. The van der Waals surface area contributed by atoms with Crippen LogP contribution in [0.4, 0.5) is 0 Å². The molecule has 5 nitrogen and oxygen atoms in total. The van der Waals surface area contributed by atoms with Crippen LogP contribution < -0.4 is 0 Å². The fourth-order valence-electron chi connectivity index (χ4n) is 3.57. The van der Waals surface area contributed by atoms with Crippen LogP contribution in [0.3, 0.4) is 0 Å². The van der Waals surface area contributed by atoms with Gasteiger partial charge in [-0.25, -0.2) is 0 Å². The summed E-state index contributed by atoms with van der Waals surface area (Å²) in [4.78, 5) is 18.3. The Balaban J connectivity index is 1.58. The molecule has 1 aromatic heterocycles. The lowest BCUT2D eigenvalue weighted by Gasteiger charge is -2.20. The third-order valence-corrected chi connectivity index (χ3v) is 5.55. The van der Waals surface area contributed by atoms with E-state index in [9.17, 15) is 4.79 Å². The highest BCUT2D eigenvalue weighted by atomic mass is 35.5. The Kier molecular flexibility index (Phi) is 4.14. The van der Waals surface area contributed by atoms with Crippen LogP contribution in [0.1, 0.15) is 59.8 Å². The third-order valence-electron chi connectivity index (χ3n) is 5.22. The van der Waals surface area contributed by atoms with E-state index in [-0.39, 0.29) is 5.78 Å². The van der Waals surface area contributed by atoms with Crippen LogP contribution in [0.2, 0.25) is 5.02 Å². The van der Waals surface area contributed by atoms with Crippen molar-refractivity contribution in [2.75, 3.05) is 0 Å². The first-order chi connectivity index (χ1) is 12.4. The molecular weight excluding hydrogens is 350 g/mol. The Morgan fingerprint density at radius 1 is 1.42 bits per heavy atom. The second-order valence-electron chi connectivity index (χ2n) is 7.60. The maximum absolute atomic E-state index is 12.5. The summed E-state index contributed by atoms with van der Waals surface area (Å²) in [6.45, 7) is 3.99. The Morgan fingerprint density at radius 2 is 2.19 bits per heavy atom. The number of halogens is 1. The van der Waals surface area contributed by atoms with Gasteiger partial charge in [0.05, 0.1) is 16.4 Å². The van der Waals surface area contributed by atoms with Gasteiger partial charge < -0.3 is 4.84 Å². The van der Waals surface area contributed by atoms with Crippen LogP contribution >= 0.6 is 11.6 Å². The quantitative estimate of drug-likeness (QED) is 0.732. The fraction of sp³-hybridized carbons (Fsp3) is 0.450. The highest BCUT2D eigenvalue weighted by Crippen LogP contribution is 2.38. The first-order valence-corrected chi connectivity index (χ1v) is 9.32. The van der Waals surface area contributed by atoms with Crippen molar-refractivity contribution in [3.8, 4) is 0 Å². The molecule has 2 aliphatic rings. The summed E-state index contributed by atoms with van der Waals surface area (Å²) in [5.41, 5.74) is 3.71. The van der Waals surface area contributed by atoms with E-state index in [0.29, 0.717) is 29.3 Å². The van der Waals surface area contributed by atoms with Crippen molar-refractivity contribution in [2.24, 2.45) is 18.1 Å². The predicted octanol–water partition coefficient (Wildman–Crippen LogP) is 4.40. The summed E-state index contributed by atoms with van der Waals surface area (Å²) in [5.74, 6) is 0.649. The van der Waals surface area contributed by atoms with Crippen molar-refractivity contribution in [1.29, 1.82) is 0 Å². The molecule has 2 aromatic rings. The van der Waals surface area contributed by atoms with Gasteiger partial charge in [-0.1, -0.05) is 22.8 Å². The molecule has 1 aliphatic heterocycles. The molecule has 1 fully saturated rings. The SMILES string of the molecule is Cc1nn(C)cc1C1(C)CC(c2ccc(Cl)c(C(=O)CC3CC3)c2)=NO1. The maximum Gasteiger partial charge on any atom is 0.168 e. The minimum absolute atomic E-state index is 0.115. The predicted molar refractivity (Wildman–Crippen MR) is 101 cm³/mol. The zero-order valence-electron chi connectivity index (χ0n) is 15.3. The van der Waals surface area contributed by atoms with Gasteiger partial charge in [-0.2, -0.15) is 5.10 Å². The number of aryl methyl sites for hydroxylation is 2. The average molecular weight is 372 g/mol. The van der Waals surface area contributed by atoms with Crippen molar-refractivity contribution in [2.45, 2.75) is 45.1 Å². The second kappa shape index (κ2) is 6.23. The number of Topliss-reactive ketones (excluding diaryl/α,β-unsaturated/α-hetero) is 1. The number of hydrogen-bond donors (Lipinski definition) is 0. The summed E-state index contributed by atoms with van der Waals surface area (Å²) in [5, 5.41) is 9.22. The fourth-order valence-corrected chi connectivity index (χ4v) is 3.79. The standard InChI is InChI=1S/C20H22ClN3O2/c1-12-16(11-24(3)22-12)20(2)10-18(23-26-20)14-6-7-17(21)15(9-14)19(25)8-13-4-5-13/h6-7,9,11,13H,4-5,8,10H2,1-3H3. The Labute approximate surface area is 158 Å². The van der Waals surface area contributed by atoms with Crippen LogP contribution in [0, 0.1) is 12.8 Å². The van der Waals surface area contributed by atoms with Gasteiger partial charge in [-0.05, 0) is 44.7 Å². The zero-order chi connectivity index (χ0) is 18.5. The molecule has 6 heteroatoms. The smallest absolute Gasteiger partial charge is 0.168 e.